The molecule has 0 aliphatic heterocycles. The number of ether oxygens (including phenoxy) is 1. The number of pyridine rings is 1. The van der Waals surface area contributed by atoms with Crippen LogP contribution in [0.2, 0.25) is 0 Å². The molecule has 7 heteroatoms. The summed E-state index contributed by atoms with van der Waals surface area (Å²) in [5.41, 5.74) is 1.42. The summed E-state index contributed by atoms with van der Waals surface area (Å²) in [6.07, 6.45) is 3.15. The van der Waals surface area contributed by atoms with E-state index in [1.807, 2.05) is 18.2 Å². The highest BCUT2D eigenvalue weighted by molar-refractivity contribution is 5.91. The van der Waals surface area contributed by atoms with Gasteiger partial charge in [0.25, 0.3) is 5.91 Å². The van der Waals surface area contributed by atoms with Crippen LogP contribution in [-0.2, 0) is 0 Å². The summed E-state index contributed by atoms with van der Waals surface area (Å²) < 4.78 is 10.4. The number of hydrogen-bond acceptors (Lipinski definition) is 6. The number of nitrogens with zero attached hydrogens (tertiary/aromatic N) is 3. The Bertz CT molecular complexity index is 743. The quantitative estimate of drug-likeness (QED) is 0.700. The summed E-state index contributed by atoms with van der Waals surface area (Å²) in [4.78, 5) is 15.8. The van der Waals surface area contributed by atoms with E-state index in [4.69, 9.17) is 9.15 Å². The fraction of sp³-hybridized carbons (Fsp3) is 0.125. The standard InChI is InChI=1S/C16H14N4O3/c21-16(14-5-3-10-22-14)18-9-11-23-15-7-6-13(19-20-15)12-4-1-2-8-17-12/h1-8,10H,9,11H2,(H,18,21). The van der Waals surface area contributed by atoms with Crippen LogP contribution in [0.4, 0.5) is 0 Å². The van der Waals surface area contributed by atoms with Crippen LogP contribution in [0.5, 0.6) is 5.88 Å². The smallest absolute Gasteiger partial charge is 0.287 e. The van der Waals surface area contributed by atoms with Gasteiger partial charge in [0.1, 0.15) is 12.3 Å². The lowest BCUT2D eigenvalue weighted by molar-refractivity contribution is 0.0919. The fourth-order valence-electron chi connectivity index (χ4n) is 1.86. The topological polar surface area (TPSA) is 90.1 Å². The number of nitrogens with one attached hydrogen (secondary N) is 1. The molecule has 0 aromatic carbocycles. The first-order valence-corrected chi connectivity index (χ1v) is 7.02. The third kappa shape index (κ3) is 3.91. The van der Waals surface area contributed by atoms with Gasteiger partial charge in [-0.2, -0.15) is 0 Å². The van der Waals surface area contributed by atoms with E-state index >= 15 is 0 Å². The number of carbonyl (C=O) groups excluding carboxylic acids is 1. The molecule has 0 saturated carbocycles. The minimum absolute atomic E-state index is 0.268. The Morgan fingerprint density at radius 3 is 2.74 bits per heavy atom. The lowest BCUT2D eigenvalue weighted by atomic mass is 10.2. The molecule has 1 N–H and O–H groups in total. The van der Waals surface area contributed by atoms with Crippen LogP contribution >= 0.6 is 0 Å². The van der Waals surface area contributed by atoms with Gasteiger partial charge in [0, 0.05) is 12.3 Å². The van der Waals surface area contributed by atoms with E-state index in [2.05, 4.69) is 20.5 Å². The minimum Gasteiger partial charge on any atom is -0.475 e. The van der Waals surface area contributed by atoms with Crippen molar-refractivity contribution in [3.05, 3.63) is 60.7 Å². The first-order valence-electron chi connectivity index (χ1n) is 7.02. The predicted octanol–water partition coefficient (Wildman–Crippen LogP) is 1.94. The van der Waals surface area contributed by atoms with Crippen LogP contribution < -0.4 is 10.1 Å². The van der Waals surface area contributed by atoms with Gasteiger partial charge >= 0.3 is 0 Å². The lowest BCUT2D eigenvalue weighted by Crippen LogP contribution is -2.27. The number of hydrogen-bond donors (Lipinski definition) is 1. The van der Waals surface area contributed by atoms with Crippen LogP contribution in [0, 0.1) is 0 Å². The van der Waals surface area contributed by atoms with Crippen LogP contribution in [0.15, 0.2) is 59.3 Å². The maximum absolute atomic E-state index is 11.6. The monoisotopic (exact) mass is 310 g/mol. The summed E-state index contributed by atoms with van der Waals surface area (Å²) >= 11 is 0. The van der Waals surface area contributed by atoms with E-state index in [9.17, 15) is 4.79 Å². The SMILES string of the molecule is O=C(NCCOc1ccc(-c2ccccn2)nn1)c1ccco1. The molecule has 1 amide bonds. The summed E-state index contributed by atoms with van der Waals surface area (Å²) in [7, 11) is 0. The number of aromatic nitrogens is 3. The third-order valence-electron chi connectivity index (χ3n) is 2.95. The molecular weight excluding hydrogens is 296 g/mol. The zero-order valence-corrected chi connectivity index (χ0v) is 12.2. The average Bonchev–Trinajstić information content (AvgIpc) is 3.15. The van der Waals surface area contributed by atoms with Crippen LogP contribution in [0.25, 0.3) is 11.4 Å². The van der Waals surface area contributed by atoms with Crippen molar-refractivity contribution >= 4 is 5.91 Å². The number of furan rings is 1. The Kier molecular flexibility index (Phi) is 4.58. The van der Waals surface area contributed by atoms with Gasteiger partial charge in [0.15, 0.2) is 5.76 Å². The second-order valence-corrected chi connectivity index (χ2v) is 4.55. The molecule has 3 aromatic rings. The van der Waals surface area contributed by atoms with Crippen molar-refractivity contribution < 1.29 is 13.9 Å². The highest BCUT2D eigenvalue weighted by atomic mass is 16.5. The highest BCUT2D eigenvalue weighted by Gasteiger charge is 2.07. The normalized spacial score (nSPS) is 10.3. The van der Waals surface area contributed by atoms with Crippen molar-refractivity contribution in [3.63, 3.8) is 0 Å². The van der Waals surface area contributed by atoms with E-state index in [0.717, 1.165) is 5.69 Å². The molecule has 23 heavy (non-hydrogen) atoms. The summed E-state index contributed by atoms with van der Waals surface area (Å²) in [6.45, 7) is 0.618. The van der Waals surface area contributed by atoms with Gasteiger partial charge in [-0.3, -0.25) is 9.78 Å². The predicted molar refractivity (Wildman–Crippen MR) is 81.8 cm³/mol. The van der Waals surface area contributed by atoms with Crippen LogP contribution in [0.3, 0.4) is 0 Å². The van der Waals surface area contributed by atoms with Gasteiger partial charge in [-0.15, -0.1) is 10.2 Å². The molecule has 0 saturated heterocycles. The molecule has 7 nitrogen and oxygen atoms in total. The Labute approximate surface area is 132 Å². The van der Waals surface area contributed by atoms with Gasteiger partial charge in [0.05, 0.1) is 18.5 Å². The zero-order chi connectivity index (χ0) is 15.9. The molecule has 0 spiro atoms. The number of amides is 1. The van der Waals surface area contributed by atoms with E-state index in [0.29, 0.717) is 18.1 Å². The van der Waals surface area contributed by atoms with E-state index in [1.54, 1.807) is 30.5 Å². The number of rotatable bonds is 6. The van der Waals surface area contributed by atoms with E-state index in [1.165, 1.54) is 6.26 Å². The second kappa shape index (κ2) is 7.17. The van der Waals surface area contributed by atoms with E-state index < -0.39 is 0 Å². The van der Waals surface area contributed by atoms with Crippen molar-refractivity contribution in [2.75, 3.05) is 13.2 Å². The van der Waals surface area contributed by atoms with Gasteiger partial charge in [0.2, 0.25) is 5.88 Å². The maximum Gasteiger partial charge on any atom is 0.287 e. The molecule has 0 aliphatic rings. The molecule has 0 atom stereocenters. The maximum atomic E-state index is 11.6. The average molecular weight is 310 g/mol. The van der Waals surface area contributed by atoms with Crippen molar-refractivity contribution in [1.82, 2.24) is 20.5 Å². The first kappa shape index (κ1) is 14.7. The molecule has 3 aromatic heterocycles. The van der Waals surface area contributed by atoms with Crippen molar-refractivity contribution in [2.45, 2.75) is 0 Å². The van der Waals surface area contributed by atoms with Gasteiger partial charge in [-0.05, 0) is 30.3 Å². The van der Waals surface area contributed by atoms with Gasteiger partial charge in [-0.1, -0.05) is 6.07 Å². The Morgan fingerprint density at radius 1 is 1.09 bits per heavy atom. The third-order valence-corrected chi connectivity index (χ3v) is 2.95. The molecule has 3 heterocycles. The Hall–Kier alpha value is -3.22. The second-order valence-electron chi connectivity index (χ2n) is 4.55. The molecular formula is C16H14N4O3. The van der Waals surface area contributed by atoms with Gasteiger partial charge < -0.3 is 14.5 Å². The largest absolute Gasteiger partial charge is 0.475 e. The molecule has 0 aliphatic carbocycles. The molecule has 0 radical (unpaired) electrons. The van der Waals surface area contributed by atoms with Crippen LogP contribution in [0.1, 0.15) is 10.6 Å². The van der Waals surface area contributed by atoms with E-state index in [-0.39, 0.29) is 18.3 Å². The number of carbonyl (C=O) groups is 1. The molecule has 0 unspecified atom stereocenters. The van der Waals surface area contributed by atoms with Gasteiger partial charge in [-0.25, -0.2) is 0 Å². The zero-order valence-electron chi connectivity index (χ0n) is 12.2. The highest BCUT2D eigenvalue weighted by Crippen LogP contribution is 2.14. The Balaban J connectivity index is 1.47. The lowest BCUT2D eigenvalue weighted by Gasteiger charge is -2.06. The molecule has 3 rings (SSSR count). The minimum atomic E-state index is -0.282. The summed E-state index contributed by atoms with van der Waals surface area (Å²) in [5, 5.41) is 10.7. The summed E-state index contributed by atoms with van der Waals surface area (Å²) in [5.74, 6) is 0.372. The molecule has 116 valence electrons. The van der Waals surface area contributed by atoms with Crippen molar-refractivity contribution in [2.24, 2.45) is 0 Å². The fourth-order valence-corrected chi connectivity index (χ4v) is 1.86. The van der Waals surface area contributed by atoms with Crippen molar-refractivity contribution in [3.8, 4) is 17.3 Å². The van der Waals surface area contributed by atoms with Crippen molar-refractivity contribution in [1.29, 1.82) is 0 Å². The summed E-state index contributed by atoms with van der Waals surface area (Å²) in [6, 6.07) is 12.3. The molecule has 0 bridgehead atoms. The van der Waals surface area contributed by atoms with Crippen LogP contribution in [-0.4, -0.2) is 34.2 Å². The Morgan fingerprint density at radius 2 is 2.04 bits per heavy atom. The molecule has 0 fully saturated rings. The first-order chi connectivity index (χ1) is 11.3.